The normalized spacial score (nSPS) is 28.7. The van der Waals surface area contributed by atoms with E-state index in [1.54, 1.807) is 19.0 Å². The summed E-state index contributed by atoms with van der Waals surface area (Å²) in [5.41, 5.74) is 4.88. The number of aliphatic hydroxyl groups is 3. The largest absolute Gasteiger partial charge is 0.507 e. The van der Waals surface area contributed by atoms with E-state index in [0.29, 0.717) is 17.7 Å². The number of unbranched alkanes of at least 4 members (excludes halogenated alkanes) is 2. The minimum absolute atomic E-state index is 0.0927. The quantitative estimate of drug-likeness (QED) is 0.235. The lowest BCUT2D eigenvalue weighted by atomic mass is 9.54. The van der Waals surface area contributed by atoms with Crippen molar-refractivity contribution in [3.63, 3.8) is 0 Å². The lowest BCUT2D eigenvalue weighted by molar-refractivity contribution is -0.184. The predicted molar refractivity (Wildman–Crippen MR) is 164 cm³/mol. The molecule has 3 aliphatic rings. The van der Waals surface area contributed by atoms with Crippen molar-refractivity contribution in [2.24, 2.45) is 23.5 Å². The molecule has 1 aromatic rings. The van der Waals surface area contributed by atoms with E-state index in [0.717, 1.165) is 44.5 Å². The van der Waals surface area contributed by atoms with Gasteiger partial charge in [0.15, 0.2) is 11.4 Å². The molecule has 0 aromatic heterocycles. The first-order valence-corrected chi connectivity index (χ1v) is 15.4. The van der Waals surface area contributed by atoms with Crippen molar-refractivity contribution < 1.29 is 34.8 Å². The zero-order chi connectivity index (χ0) is 32.0. The molecule has 0 saturated heterocycles. The van der Waals surface area contributed by atoms with Gasteiger partial charge in [-0.3, -0.25) is 19.3 Å². The zero-order valence-corrected chi connectivity index (χ0v) is 26.3. The average molecular weight is 601 g/mol. The summed E-state index contributed by atoms with van der Waals surface area (Å²) in [7, 11) is 7.04. The molecule has 3 aliphatic carbocycles. The molecule has 1 amide bonds. The number of likely N-dealkylation sites (N-methyl/N-ethyl adjacent to an activating group) is 1. The fourth-order valence-corrected chi connectivity index (χ4v) is 7.50. The second-order valence-corrected chi connectivity index (χ2v) is 12.9. The summed E-state index contributed by atoms with van der Waals surface area (Å²) in [6.45, 7) is 6.42. The van der Waals surface area contributed by atoms with E-state index in [4.69, 9.17) is 5.73 Å². The number of nitrogens with zero attached hydrogens (tertiary/aromatic N) is 3. The summed E-state index contributed by atoms with van der Waals surface area (Å²) < 4.78 is 0. The van der Waals surface area contributed by atoms with Crippen LogP contribution >= 0.6 is 0 Å². The molecule has 0 aliphatic heterocycles. The molecule has 11 heteroatoms. The van der Waals surface area contributed by atoms with Crippen LogP contribution in [0, 0.1) is 17.8 Å². The molecule has 6 atom stereocenters. The molecule has 43 heavy (non-hydrogen) atoms. The molecule has 0 heterocycles. The number of fused-ring (bicyclic) bond motifs is 3. The monoisotopic (exact) mass is 600 g/mol. The number of phenols is 1. The molecule has 4 rings (SSSR count). The standard InChI is InChI=1S/C32H48N4O7/c1-7-9-11-36(12-10-8-2)16-18-15-21(34(3)4)19-13-17-14-20-25(35(5)6)28(39)24(31(33)42)30(41)32(20,43)29(40)22(17)27(38)23(19)26(18)37/h15,17,20,24-25,28,37-39,43H,7-14,16H2,1-6H3,(H2,33,42)/t17-,20-,24?,25-,28?,32-/m1/s1. The second kappa shape index (κ2) is 12.6. The van der Waals surface area contributed by atoms with Crippen LogP contribution < -0.4 is 10.6 Å². The number of carbonyl (C=O) groups is 3. The van der Waals surface area contributed by atoms with Crippen molar-refractivity contribution in [2.75, 3.05) is 46.2 Å². The van der Waals surface area contributed by atoms with Gasteiger partial charge in [-0.25, -0.2) is 0 Å². The van der Waals surface area contributed by atoms with E-state index in [2.05, 4.69) is 18.7 Å². The highest BCUT2D eigenvalue weighted by molar-refractivity contribution is 6.25. The van der Waals surface area contributed by atoms with Crippen LogP contribution in [0.5, 0.6) is 5.75 Å². The lowest BCUT2D eigenvalue weighted by Crippen LogP contribution is -2.73. The number of aromatic hydroxyl groups is 1. The molecule has 0 radical (unpaired) electrons. The van der Waals surface area contributed by atoms with Crippen molar-refractivity contribution in [3.8, 4) is 5.75 Å². The van der Waals surface area contributed by atoms with Gasteiger partial charge in [0.2, 0.25) is 11.7 Å². The van der Waals surface area contributed by atoms with Crippen molar-refractivity contribution in [1.82, 2.24) is 9.80 Å². The van der Waals surface area contributed by atoms with Crippen LogP contribution in [0.1, 0.15) is 62.6 Å². The Morgan fingerprint density at radius 2 is 1.67 bits per heavy atom. The number of Topliss-reactive ketones (excluding diaryl/α,β-unsaturated/α-hetero) is 2. The molecule has 2 saturated carbocycles. The first kappa shape index (κ1) is 32.9. The number of amides is 1. The number of ketones is 2. The Labute approximate surface area is 253 Å². The number of aliphatic hydroxyl groups excluding tert-OH is 2. The van der Waals surface area contributed by atoms with Crippen LogP contribution in [-0.2, 0) is 27.3 Å². The van der Waals surface area contributed by atoms with Gasteiger partial charge in [0, 0.05) is 49.4 Å². The summed E-state index contributed by atoms with van der Waals surface area (Å²) in [5.74, 6) is -7.30. The average Bonchev–Trinajstić information content (AvgIpc) is 2.92. The second-order valence-electron chi connectivity index (χ2n) is 12.9. The molecule has 0 spiro atoms. The van der Waals surface area contributed by atoms with Crippen LogP contribution in [-0.4, -0.2) is 107 Å². The van der Waals surface area contributed by atoms with Gasteiger partial charge in [-0.1, -0.05) is 26.7 Å². The third-order valence-corrected chi connectivity index (χ3v) is 9.68. The van der Waals surface area contributed by atoms with Gasteiger partial charge in [-0.15, -0.1) is 0 Å². The first-order valence-electron chi connectivity index (χ1n) is 15.4. The van der Waals surface area contributed by atoms with Crippen molar-refractivity contribution >= 4 is 28.9 Å². The Kier molecular flexibility index (Phi) is 9.61. The number of phenolic OH excluding ortho intramolecular Hbond substituents is 1. The highest BCUT2D eigenvalue weighted by atomic mass is 16.3. The van der Waals surface area contributed by atoms with Crippen molar-refractivity contribution in [1.29, 1.82) is 0 Å². The highest BCUT2D eigenvalue weighted by Gasteiger charge is 2.67. The van der Waals surface area contributed by atoms with Gasteiger partial charge in [0.25, 0.3) is 0 Å². The van der Waals surface area contributed by atoms with Gasteiger partial charge in [0.05, 0.1) is 11.7 Å². The molecule has 1 aromatic carbocycles. The number of rotatable bonds is 11. The molecular formula is C32H48N4O7. The van der Waals surface area contributed by atoms with Crippen LogP contribution in [0.3, 0.4) is 0 Å². The predicted octanol–water partition coefficient (Wildman–Crippen LogP) is 1.60. The third kappa shape index (κ3) is 5.45. The fourth-order valence-electron chi connectivity index (χ4n) is 7.50. The number of primary amides is 1. The number of benzene rings is 1. The van der Waals surface area contributed by atoms with Gasteiger partial charge in [0.1, 0.15) is 17.4 Å². The van der Waals surface area contributed by atoms with E-state index in [9.17, 15) is 34.8 Å². The van der Waals surface area contributed by atoms with E-state index in [1.165, 1.54) is 0 Å². The van der Waals surface area contributed by atoms with Crippen LogP contribution in [0.2, 0.25) is 0 Å². The maximum absolute atomic E-state index is 14.2. The maximum atomic E-state index is 14.2. The summed E-state index contributed by atoms with van der Waals surface area (Å²) in [5, 5.41) is 46.3. The Morgan fingerprint density at radius 1 is 1.07 bits per heavy atom. The van der Waals surface area contributed by atoms with Crippen molar-refractivity contribution in [2.45, 2.75) is 76.7 Å². The zero-order valence-electron chi connectivity index (χ0n) is 26.3. The fraction of sp³-hybridized carbons (Fsp3) is 0.656. The molecular weight excluding hydrogens is 552 g/mol. The molecule has 2 fully saturated rings. The van der Waals surface area contributed by atoms with Gasteiger partial charge in [-0.05, 0) is 70.4 Å². The molecule has 2 unspecified atom stereocenters. The SMILES string of the molecule is CCCCN(CCCC)Cc1cc(N(C)C)c2c(c1O)C(O)=C1C(=O)[C@@]3(O)C(=O)C(C(N)=O)C(O)[C@H](N(C)C)[C@H]3C[C@H]1C2. The number of hydrogen-bond acceptors (Lipinski definition) is 10. The van der Waals surface area contributed by atoms with Crippen LogP contribution in [0.15, 0.2) is 11.6 Å². The third-order valence-electron chi connectivity index (χ3n) is 9.68. The van der Waals surface area contributed by atoms with E-state index < -0.39 is 58.7 Å². The molecule has 11 nitrogen and oxygen atoms in total. The van der Waals surface area contributed by atoms with E-state index >= 15 is 0 Å². The number of hydrogen-bond donors (Lipinski definition) is 5. The maximum Gasteiger partial charge on any atom is 0.230 e. The molecule has 0 bridgehead atoms. The summed E-state index contributed by atoms with van der Waals surface area (Å²) in [6, 6.07) is 1.02. The van der Waals surface area contributed by atoms with Crippen LogP contribution in [0.25, 0.3) is 5.76 Å². The number of nitrogens with two attached hydrogens (primary N) is 1. The van der Waals surface area contributed by atoms with Crippen LogP contribution in [0.4, 0.5) is 5.69 Å². The Balaban J connectivity index is 1.87. The van der Waals surface area contributed by atoms with E-state index in [1.807, 2.05) is 25.1 Å². The number of carbonyl (C=O) groups excluding carboxylic acids is 3. The summed E-state index contributed by atoms with van der Waals surface area (Å²) >= 11 is 0. The Hall–Kier alpha value is -2.99. The summed E-state index contributed by atoms with van der Waals surface area (Å²) in [4.78, 5) is 45.8. The minimum atomic E-state index is -2.67. The molecule has 6 N–H and O–H groups in total. The van der Waals surface area contributed by atoms with Gasteiger partial charge >= 0.3 is 0 Å². The van der Waals surface area contributed by atoms with Crippen molar-refractivity contribution in [3.05, 3.63) is 28.3 Å². The van der Waals surface area contributed by atoms with Gasteiger partial charge in [-0.2, -0.15) is 0 Å². The molecule has 238 valence electrons. The Bertz CT molecular complexity index is 1300. The minimum Gasteiger partial charge on any atom is -0.507 e. The highest BCUT2D eigenvalue weighted by Crippen LogP contribution is 2.53. The lowest BCUT2D eigenvalue weighted by Gasteiger charge is -2.53. The summed E-state index contributed by atoms with van der Waals surface area (Å²) in [6.07, 6.45) is 2.92. The van der Waals surface area contributed by atoms with Gasteiger partial charge < -0.3 is 36.0 Å². The van der Waals surface area contributed by atoms with E-state index in [-0.39, 0.29) is 29.7 Å². The Morgan fingerprint density at radius 3 is 2.19 bits per heavy atom. The smallest absolute Gasteiger partial charge is 0.230 e. The first-order chi connectivity index (χ1) is 20.2. The number of anilines is 1. The topological polar surface area (TPSA) is 168 Å².